The molecule has 0 radical (unpaired) electrons. The van der Waals surface area contributed by atoms with Gasteiger partial charge in [0.1, 0.15) is 5.82 Å². The van der Waals surface area contributed by atoms with Gasteiger partial charge in [0, 0.05) is 18.8 Å². The summed E-state index contributed by atoms with van der Waals surface area (Å²) in [6.45, 7) is 2.85. The minimum Gasteiger partial charge on any atom is -0.371 e. The van der Waals surface area contributed by atoms with Crippen LogP contribution in [0, 0.1) is 11.2 Å². The maximum atomic E-state index is 13.4. The molecule has 0 saturated heterocycles. The molecule has 0 spiro atoms. The molecule has 110 valence electrons. The van der Waals surface area contributed by atoms with Crippen LogP contribution in [0.15, 0.2) is 18.2 Å². The Labute approximate surface area is 121 Å². The van der Waals surface area contributed by atoms with E-state index in [9.17, 15) is 4.39 Å². The number of halogens is 1. The van der Waals surface area contributed by atoms with Gasteiger partial charge >= 0.3 is 0 Å². The van der Waals surface area contributed by atoms with Crippen molar-refractivity contribution in [1.82, 2.24) is 0 Å². The Morgan fingerprint density at radius 3 is 2.75 bits per heavy atom. The van der Waals surface area contributed by atoms with Crippen molar-refractivity contribution >= 4 is 5.69 Å². The molecule has 0 atom stereocenters. The molecule has 1 saturated carbocycles. The van der Waals surface area contributed by atoms with E-state index in [0.717, 1.165) is 38.2 Å². The molecule has 20 heavy (non-hydrogen) atoms. The van der Waals surface area contributed by atoms with E-state index in [1.54, 1.807) is 12.1 Å². The van der Waals surface area contributed by atoms with Crippen LogP contribution < -0.4 is 10.6 Å². The summed E-state index contributed by atoms with van der Waals surface area (Å²) in [5.74, 6) is -0.123. The van der Waals surface area contributed by atoms with Gasteiger partial charge in [-0.2, -0.15) is 0 Å². The SMILES string of the molecule is NCC1(CCN2CCc3ccc(F)cc32)CCCCC1. The monoisotopic (exact) mass is 276 g/mol. The standard InChI is InChI=1S/C17H25FN2/c18-15-5-4-14-6-10-20(16(14)12-15)11-9-17(13-19)7-2-1-3-8-17/h4-5,12H,1-3,6-11,13,19H2. The van der Waals surface area contributed by atoms with Gasteiger partial charge in [-0.25, -0.2) is 4.39 Å². The third kappa shape index (κ3) is 2.69. The van der Waals surface area contributed by atoms with Gasteiger partial charge in [-0.1, -0.05) is 25.3 Å². The molecule has 1 fully saturated rings. The second-order valence-corrected chi connectivity index (χ2v) is 6.52. The van der Waals surface area contributed by atoms with E-state index in [2.05, 4.69) is 4.90 Å². The minimum atomic E-state index is -0.123. The average Bonchev–Trinajstić information content (AvgIpc) is 2.88. The van der Waals surface area contributed by atoms with Gasteiger partial charge < -0.3 is 10.6 Å². The number of benzene rings is 1. The van der Waals surface area contributed by atoms with Crippen molar-refractivity contribution in [1.29, 1.82) is 0 Å². The molecule has 1 aliphatic heterocycles. The van der Waals surface area contributed by atoms with Crippen LogP contribution in [0.2, 0.25) is 0 Å². The van der Waals surface area contributed by atoms with E-state index < -0.39 is 0 Å². The first-order valence-corrected chi connectivity index (χ1v) is 7.96. The third-order valence-corrected chi connectivity index (χ3v) is 5.30. The van der Waals surface area contributed by atoms with Gasteiger partial charge in [0.25, 0.3) is 0 Å². The van der Waals surface area contributed by atoms with Crippen LogP contribution in [-0.4, -0.2) is 19.6 Å². The van der Waals surface area contributed by atoms with Crippen LogP contribution in [0.25, 0.3) is 0 Å². The highest BCUT2D eigenvalue weighted by molar-refractivity contribution is 5.58. The van der Waals surface area contributed by atoms with Crippen LogP contribution in [0.1, 0.15) is 44.1 Å². The summed E-state index contributed by atoms with van der Waals surface area (Å²) in [6, 6.07) is 5.20. The fraction of sp³-hybridized carbons (Fsp3) is 0.647. The van der Waals surface area contributed by atoms with Gasteiger partial charge in [0.15, 0.2) is 0 Å². The Bertz CT molecular complexity index is 466. The molecule has 0 bridgehead atoms. The predicted octanol–water partition coefficient (Wildman–Crippen LogP) is 3.49. The zero-order chi connectivity index (χ0) is 14.0. The fourth-order valence-corrected chi connectivity index (χ4v) is 3.88. The maximum absolute atomic E-state index is 13.4. The summed E-state index contributed by atoms with van der Waals surface area (Å²) < 4.78 is 13.4. The van der Waals surface area contributed by atoms with Crippen LogP contribution in [0.3, 0.4) is 0 Å². The molecule has 1 aromatic rings. The summed E-state index contributed by atoms with van der Waals surface area (Å²) in [4.78, 5) is 2.35. The van der Waals surface area contributed by atoms with Crippen molar-refractivity contribution in [2.45, 2.75) is 44.9 Å². The molecule has 0 aromatic heterocycles. The number of nitrogens with two attached hydrogens (primary N) is 1. The first kappa shape index (κ1) is 13.9. The van der Waals surface area contributed by atoms with E-state index in [1.807, 2.05) is 6.07 Å². The second-order valence-electron chi connectivity index (χ2n) is 6.52. The summed E-state index contributed by atoms with van der Waals surface area (Å²) in [5.41, 5.74) is 8.80. The van der Waals surface area contributed by atoms with Crippen molar-refractivity contribution in [3.8, 4) is 0 Å². The van der Waals surface area contributed by atoms with E-state index in [-0.39, 0.29) is 5.82 Å². The van der Waals surface area contributed by atoms with E-state index >= 15 is 0 Å². The van der Waals surface area contributed by atoms with Crippen LogP contribution in [-0.2, 0) is 6.42 Å². The van der Waals surface area contributed by atoms with Gasteiger partial charge in [-0.3, -0.25) is 0 Å². The molecule has 0 amide bonds. The van der Waals surface area contributed by atoms with Gasteiger partial charge in [-0.15, -0.1) is 0 Å². The lowest BCUT2D eigenvalue weighted by molar-refractivity contribution is 0.185. The van der Waals surface area contributed by atoms with Crippen LogP contribution in [0.4, 0.5) is 10.1 Å². The lowest BCUT2D eigenvalue weighted by atomic mass is 9.72. The van der Waals surface area contributed by atoms with E-state index in [0.29, 0.717) is 5.41 Å². The van der Waals surface area contributed by atoms with Gasteiger partial charge in [0.05, 0.1) is 0 Å². The zero-order valence-corrected chi connectivity index (χ0v) is 12.2. The number of rotatable bonds is 4. The third-order valence-electron chi connectivity index (χ3n) is 5.30. The maximum Gasteiger partial charge on any atom is 0.125 e. The Hall–Kier alpha value is -1.09. The lowest BCUT2D eigenvalue weighted by Gasteiger charge is -2.37. The molecule has 2 N–H and O–H groups in total. The highest BCUT2D eigenvalue weighted by Gasteiger charge is 2.31. The van der Waals surface area contributed by atoms with Crippen LogP contribution in [0.5, 0.6) is 0 Å². The Balaban J connectivity index is 1.66. The number of hydrogen-bond acceptors (Lipinski definition) is 2. The topological polar surface area (TPSA) is 29.3 Å². The number of fused-ring (bicyclic) bond motifs is 1. The molecule has 3 rings (SSSR count). The Morgan fingerprint density at radius 1 is 1.20 bits per heavy atom. The van der Waals surface area contributed by atoms with E-state index in [4.69, 9.17) is 5.73 Å². The molecule has 2 nitrogen and oxygen atoms in total. The van der Waals surface area contributed by atoms with Crippen molar-refractivity contribution in [3.05, 3.63) is 29.6 Å². The molecule has 1 aliphatic carbocycles. The first-order chi connectivity index (χ1) is 9.72. The summed E-state index contributed by atoms with van der Waals surface area (Å²) in [6.07, 6.45) is 8.75. The molecule has 2 aliphatic rings. The predicted molar refractivity (Wildman–Crippen MR) is 81.5 cm³/mol. The molecular formula is C17H25FN2. The first-order valence-electron chi connectivity index (χ1n) is 7.96. The molecule has 3 heteroatoms. The second kappa shape index (κ2) is 5.72. The van der Waals surface area contributed by atoms with Crippen molar-refractivity contribution < 1.29 is 4.39 Å². The van der Waals surface area contributed by atoms with Gasteiger partial charge in [0.2, 0.25) is 0 Å². The fourth-order valence-electron chi connectivity index (χ4n) is 3.88. The van der Waals surface area contributed by atoms with Crippen molar-refractivity contribution in [2.24, 2.45) is 11.1 Å². The van der Waals surface area contributed by atoms with Crippen molar-refractivity contribution in [2.75, 3.05) is 24.5 Å². The molecule has 1 aromatic carbocycles. The highest BCUT2D eigenvalue weighted by atomic mass is 19.1. The summed E-state index contributed by atoms with van der Waals surface area (Å²) in [7, 11) is 0. The number of hydrogen-bond donors (Lipinski definition) is 1. The van der Waals surface area contributed by atoms with Crippen LogP contribution >= 0.6 is 0 Å². The highest BCUT2D eigenvalue weighted by Crippen LogP contribution is 2.39. The smallest absolute Gasteiger partial charge is 0.125 e. The summed E-state index contributed by atoms with van der Waals surface area (Å²) in [5, 5.41) is 0. The molecule has 0 unspecified atom stereocenters. The average molecular weight is 276 g/mol. The largest absolute Gasteiger partial charge is 0.371 e. The van der Waals surface area contributed by atoms with Gasteiger partial charge in [-0.05, 0) is 55.3 Å². The Kier molecular flexibility index (Phi) is 3.97. The summed E-state index contributed by atoms with van der Waals surface area (Å²) >= 11 is 0. The minimum absolute atomic E-state index is 0.123. The molecular weight excluding hydrogens is 251 g/mol. The van der Waals surface area contributed by atoms with Crippen molar-refractivity contribution in [3.63, 3.8) is 0 Å². The number of nitrogens with zero attached hydrogens (tertiary/aromatic N) is 1. The quantitative estimate of drug-likeness (QED) is 0.912. The molecule has 1 heterocycles. The Morgan fingerprint density at radius 2 is 2.00 bits per heavy atom. The lowest BCUT2D eigenvalue weighted by Crippen LogP contribution is -2.37. The number of anilines is 1. The van der Waals surface area contributed by atoms with E-state index in [1.165, 1.54) is 37.7 Å². The normalized spacial score (nSPS) is 21.0. The zero-order valence-electron chi connectivity index (χ0n) is 12.2.